The van der Waals surface area contributed by atoms with Crippen LogP contribution in [0, 0.1) is 0 Å². The summed E-state index contributed by atoms with van der Waals surface area (Å²) in [4.78, 5) is 11.1. The molecule has 0 atom stereocenters. The van der Waals surface area contributed by atoms with Crippen molar-refractivity contribution in [3.05, 3.63) is 29.8 Å². The third-order valence-corrected chi connectivity index (χ3v) is 1.97. The van der Waals surface area contributed by atoms with Gasteiger partial charge >= 0.3 is 5.97 Å². The average Bonchev–Trinajstić information content (AvgIpc) is 2.26. The van der Waals surface area contributed by atoms with E-state index in [1.54, 1.807) is 36.0 Å². The highest BCUT2D eigenvalue weighted by Gasteiger charge is 2.03. The molecule has 0 spiro atoms. The minimum Gasteiger partial charge on any atom is -0.483 e. The van der Waals surface area contributed by atoms with Gasteiger partial charge in [0.1, 0.15) is 11.7 Å². The second-order valence-electron chi connectivity index (χ2n) is 2.57. The molecule has 0 aromatic heterocycles. The Kier molecular flexibility index (Phi) is 4.32. The molecule has 0 bridgehead atoms. The van der Waals surface area contributed by atoms with Gasteiger partial charge in [-0.3, -0.25) is 0 Å². The summed E-state index contributed by atoms with van der Waals surface area (Å²) in [7, 11) is 1.36. The molecule has 1 aromatic carbocycles. The first-order valence-corrected chi connectivity index (χ1v) is 5.47. The smallest absolute Gasteiger partial charge is 0.337 e. The Morgan fingerprint density at radius 3 is 2.50 bits per heavy atom. The van der Waals surface area contributed by atoms with Crippen molar-refractivity contribution < 1.29 is 14.3 Å². The number of carbonyl (C=O) groups excluding carboxylic acids is 1. The van der Waals surface area contributed by atoms with Gasteiger partial charge in [-0.15, -0.1) is 11.8 Å². The Labute approximate surface area is 87.4 Å². The fourth-order valence-electron chi connectivity index (χ4n) is 0.932. The molecule has 0 fully saturated rings. The molecule has 0 saturated heterocycles. The number of ether oxygens (including phenoxy) is 2. The van der Waals surface area contributed by atoms with Crippen molar-refractivity contribution >= 4 is 17.7 Å². The van der Waals surface area contributed by atoms with Gasteiger partial charge in [-0.05, 0) is 30.5 Å². The first-order chi connectivity index (χ1) is 6.77. The van der Waals surface area contributed by atoms with Crippen LogP contribution in [0.4, 0.5) is 0 Å². The predicted molar refractivity (Wildman–Crippen MR) is 56.8 cm³/mol. The van der Waals surface area contributed by atoms with Crippen LogP contribution >= 0.6 is 11.8 Å². The van der Waals surface area contributed by atoms with Gasteiger partial charge in [-0.25, -0.2) is 4.79 Å². The summed E-state index contributed by atoms with van der Waals surface area (Å²) in [5.74, 6) is 1.03. The van der Waals surface area contributed by atoms with E-state index < -0.39 is 0 Å². The van der Waals surface area contributed by atoms with Gasteiger partial charge in [-0.1, -0.05) is 0 Å². The highest BCUT2D eigenvalue weighted by Crippen LogP contribution is 2.13. The number of methoxy groups -OCH3 is 1. The molecule has 3 nitrogen and oxygen atoms in total. The first kappa shape index (κ1) is 10.9. The third kappa shape index (κ3) is 2.96. The van der Waals surface area contributed by atoms with Crippen LogP contribution in [-0.4, -0.2) is 25.3 Å². The van der Waals surface area contributed by atoms with Crippen LogP contribution in [0.15, 0.2) is 24.3 Å². The molecule has 76 valence electrons. The number of carbonyl (C=O) groups is 1. The molecule has 0 aliphatic carbocycles. The molecule has 0 N–H and O–H groups in total. The fraction of sp³-hybridized carbons (Fsp3) is 0.300. The van der Waals surface area contributed by atoms with Crippen molar-refractivity contribution in [3.8, 4) is 5.75 Å². The second-order valence-corrected chi connectivity index (χ2v) is 3.38. The zero-order chi connectivity index (χ0) is 10.4. The lowest BCUT2D eigenvalue weighted by molar-refractivity contribution is 0.0600. The van der Waals surface area contributed by atoms with Crippen LogP contribution < -0.4 is 4.74 Å². The van der Waals surface area contributed by atoms with Crippen LogP contribution in [0.3, 0.4) is 0 Å². The zero-order valence-electron chi connectivity index (χ0n) is 8.15. The van der Waals surface area contributed by atoms with Crippen LogP contribution in [-0.2, 0) is 4.74 Å². The molecular formula is C10H12O3S. The molecular weight excluding hydrogens is 200 g/mol. The SMILES string of the molecule is COC(=O)c1ccc(OCSC)cc1. The number of thioether (sulfide) groups is 1. The van der Waals surface area contributed by atoms with Gasteiger partial charge in [0.25, 0.3) is 0 Å². The monoisotopic (exact) mass is 212 g/mol. The van der Waals surface area contributed by atoms with E-state index in [9.17, 15) is 4.79 Å². The Hall–Kier alpha value is -1.16. The quantitative estimate of drug-likeness (QED) is 0.566. The second kappa shape index (κ2) is 5.54. The van der Waals surface area contributed by atoms with Gasteiger partial charge < -0.3 is 9.47 Å². The van der Waals surface area contributed by atoms with Gasteiger partial charge in [-0.2, -0.15) is 0 Å². The molecule has 0 heterocycles. The summed E-state index contributed by atoms with van der Waals surface area (Å²) in [5, 5.41) is 0. The summed E-state index contributed by atoms with van der Waals surface area (Å²) in [6.45, 7) is 0. The predicted octanol–water partition coefficient (Wildman–Crippen LogP) is 2.17. The largest absolute Gasteiger partial charge is 0.483 e. The summed E-state index contributed by atoms with van der Waals surface area (Å²) >= 11 is 1.60. The van der Waals surface area contributed by atoms with Crippen molar-refractivity contribution in [1.29, 1.82) is 0 Å². The van der Waals surface area contributed by atoms with Crippen LogP contribution in [0.25, 0.3) is 0 Å². The number of esters is 1. The maximum Gasteiger partial charge on any atom is 0.337 e. The number of hydrogen-bond donors (Lipinski definition) is 0. The highest BCUT2D eigenvalue weighted by atomic mass is 32.2. The lowest BCUT2D eigenvalue weighted by atomic mass is 10.2. The lowest BCUT2D eigenvalue weighted by Gasteiger charge is -2.04. The van der Waals surface area contributed by atoms with Crippen LogP contribution in [0.2, 0.25) is 0 Å². The standard InChI is InChI=1S/C10H12O3S/c1-12-10(11)8-3-5-9(6-4-8)13-7-14-2/h3-6H,7H2,1-2H3. The molecule has 0 unspecified atom stereocenters. The first-order valence-electron chi connectivity index (χ1n) is 4.08. The molecule has 0 saturated carbocycles. The van der Waals surface area contributed by atoms with Gasteiger partial charge in [0, 0.05) is 0 Å². The molecule has 0 radical (unpaired) electrons. The van der Waals surface area contributed by atoms with Crippen LogP contribution in [0.5, 0.6) is 5.75 Å². The fourth-order valence-corrected chi connectivity index (χ4v) is 1.19. The van der Waals surface area contributed by atoms with E-state index in [0.29, 0.717) is 11.5 Å². The number of rotatable bonds is 4. The highest BCUT2D eigenvalue weighted by molar-refractivity contribution is 7.98. The minimum atomic E-state index is -0.332. The van der Waals surface area contributed by atoms with E-state index in [4.69, 9.17) is 4.74 Å². The summed E-state index contributed by atoms with van der Waals surface area (Å²) in [5.41, 5.74) is 0.531. The van der Waals surface area contributed by atoms with E-state index in [1.807, 2.05) is 6.26 Å². The lowest BCUT2D eigenvalue weighted by Crippen LogP contribution is -2.00. The van der Waals surface area contributed by atoms with E-state index in [0.717, 1.165) is 5.75 Å². The Balaban J connectivity index is 2.63. The molecule has 0 aliphatic rings. The van der Waals surface area contributed by atoms with Gasteiger partial charge in [0.15, 0.2) is 0 Å². The third-order valence-electron chi connectivity index (χ3n) is 1.62. The summed E-state index contributed by atoms with van der Waals surface area (Å²) in [6, 6.07) is 6.87. The molecule has 1 aromatic rings. The van der Waals surface area contributed by atoms with E-state index >= 15 is 0 Å². The molecule has 0 amide bonds. The molecule has 14 heavy (non-hydrogen) atoms. The Morgan fingerprint density at radius 1 is 1.36 bits per heavy atom. The Morgan fingerprint density at radius 2 is 2.00 bits per heavy atom. The number of benzene rings is 1. The van der Waals surface area contributed by atoms with Crippen molar-refractivity contribution in [2.75, 3.05) is 19.3 Å². The van der Waals surface area contributed by atoms with Crippen LogP contribution in [0.1, 0.15) is 10.4 Å². The molecule has 0 aliphatic heterocycles. The van der Waals surface area contributed by atoms with E-state index in [1.165, 1.54) is 7.11 Å². The van der Waals surface area contributed by atoms with Crippen molar-refractivity contribution in [2.24, 2.45) is 0 Å². The van der Waals surface area contributed by atoms with Gasteiger partial charge in [0.05, 0.1) is 12.7 Å². The van der Waals surface area contributed by atoms with E-state index in [2.05, 4.69) is 4.74 Å². The Bertz CT molecular complexity index is 295. The maximum atomic E-state index is 11.1. The summed E-state index contributed by atoms with van der Waals surface area (Å²) < 4.78 is 9.91. The average molecular weight is 212 g/mol. The van der Waals surface area contributed by atoms with Crippen molar-refractivity contribution in [2.45, 2.75) is 0 Å². The normalized spacial score (nSPS) is 9.57. The topological polar surface area (TPSA) is 35.5 Å². The molecule has 4 heteroatoms. The summed E-state index contributed by atoms with van der Waals surface area (Å²) in [6.07, 6.45) is 1.96. The van der Waals surface area contributed by atoms with Crippen molar-refractivity contribution in [1.82, 2.24) is 0 Å². The van der Waals surface area contributed by atoms with E-state index in [-0.39, 0.29) is 5.97 Å². The zero-order valence-corrected chi connectivity index (χ0v) is 8.97. The van der Waals surface area contributed by atoms with Gasteiger partial charge in [0.2, 0.25) is 0 Å². The maximum absolute atomic E-state index is 11.1. The van der Waals surface area contributed by atoms with Crippen molar-refractivity contribution in [3.63, 3.8) is 0 Å². The molecule has 1 rings (SSSR count). The number of hydrogen-bond acceptors (Lipinski definition) is 4. The minimum absolute atomic E-state index is 0.332.